The number of hydrogen-bond acceptors (Lipinski definition) is 2. The number of amides is 2. The van der Waals surface area contributed by atoms with E-state index >= 15 is 0 Å². The van der Waals surface area contributed by atoms with Crippen LogP contribution in [-0.4, -0.2) is 30.6 Å². The Kier molecular flexibility index (Phi) is 6.54. The fraction of sp³-hybridized carbons (Fsp3) is 0.588. The van der Waals surface area contributed by atoms with Crippen molar-refractivity contribution in [1.29, 1.82) is 0 Å². The van der Waals surface area contributed by atoms with Crippen LogP contribution in [0.15, 0.2) is 24.3 Å². The Bertz CT molecular complexity index is 441. The van der Waals surface area contributed by atoms with Gasteiger partial charge in [-0.1, -0.05) is 37.6 Å². The Morgan fingerprint density at radius 3 is 2.52 bits per heavy atom. The monoisotopic (exact) mass is 289 g/mol. The quantitative estimate of drug-likeness (QED) is 0.846. The van der Waals surface area contributed by atoms with Gasteiger partial charge in [-0.25, -0.2) is 4.79 Å². The third-order valence-corrected chi connectivity index (χ3v) is 3.94. The van der Waals surface area contributed by atoms with Gasteiger partial charge in [0.15, 0.2) is 0 Å². The van der Waals surface area contributed by atoms with Crippen molar-refractivity contribution in [2.24, 2.45) is 0 Å². The van der Waals surface area contributed by atoms with Crippen LogP contribution in [-0.2, 0) is 13.1 Å². The Hall–Kier alpha value is -1.55. The molecule has 0 spiro atoms. The summed E-state index contributed by atoms with van der Waals surface area (Å²) in [5.41, 5.74) is 2.55. The lowest BCUT2D eigenvalue weighted by Gasteiger charge is -2.27. The summed E-state index contributed by atoms with van der Waals surface area (Å²) in [5, 5.41) is 5.79. The maximum Gasteiger partial charge on any atom is 0.315 e. The number of likely N-dealkylation sites (tertiary alicyclic amines) is 1. The number of urea groups is 1. The fourth-order valence-electron chi connectivity index (χ4n) is 2.72. The molecular formula is C17H27N3O. The molecule has 4 nitrogen and oxygen atoms in total. The Labute approximate surface area is 127 Å². The molecule has 1 aromatic rings. The number of carbonyl (C=O) groups is 1. The standard InChI is InChI=1S/C17H27N3O/c1-2-10-18-17(21)19-13-15-8-4-5-9-16(15)14-20-11-6-3-7-12-20/h4-5,8-9H,2-3,6-7,10-14H2,1H3,(H2,18,19,21). The molecule has 0 aromatic heterocycles. The molecule has 4 heteroatoms. The molecule has 116 valence electrons. The number of rotatable bonds is 6. The number of piperidine rings is 1. The van der Waals surface area contributed by atoms with Crippen molar-refractivity contribution in [2.45, 2.75) is 45.7 Å². The van der Waals surface area contributed by atoms with Gasteiger partial charge in [-0.05, 0) is 43.5 Å². The van der Waals surface area contributed by atoms with E-state index in [0.29, 0.717) is 6.54 Å². The molecule has 0 bridgehead atoms. The zero-order valence-corrected chi connectivity index (χ0v) is 13.0. The molecule has 2 rings (SSSR count). The average Bonchev–Trinajstić information content (AvgIpc) is 2.53. The van der Waals surface area contributed by atoms with Gasteiger partial charge >= 0.3 is 6.03 Å². The third-order valence-electron chi connectivity index (χ3n) is 3.94. The summed E-state index contributed by atoms with van der Waals surface area (Å²) in [5.74, 6) is 0. The van der Waals surface area contributed by atoms with Gasteiger partial charge in [0.25, 0.3) is 0 Å². The lowest BCUT2D eigenvalue weighted by atomic mass is 10.0. The van der Waals surface area contributed by atoms with Crippen molar-refractivity contribution >= 4 is 6.03 Å². The van der Waals surface area contributed by atoms with Crippen LogP contribution in [0.3, 0.4) is 0 Å². The molecule has 1 fully saturated rings. The highest BCUT2D eigenvalue weighted by Gasteiger charge is 2.12. The number of nitrogens with zero attached hydrogens (tertiary/aromatic N) is 1. The lowest BCUT2D eigenvalue weighted by Crippen LogP contribution is -2.36. The Morgan fingerprint density at radius 1 is 1.10 bits per heavy atom. The minimum atomic E-state index is -0.0791. The van der Waals surface area contributed by atoms with Gasteiger partial charge < -0.3 is 10.6 Å². The van der Waals surface area contributed by atoms with Crippen molar-refractivity contribution < 1.29 is 4.79 Å². The van der Waals surface area contributed by atoms with Crippen LogP contribution in [0.25, 0.3) is 0 Å². The average molecular weight is 289 g/mol. The molecule has 0 unspecified atom stereocenters. The molecular weight excluding hydrogens is 262 g/mol. The first kappa shape index (κ1) is 15.8. The van der Waals surface area contributed by atoms with Gasteiger partial charge in [0.05, 0.1) is 0 Å². The summed E-state index contributed by atoms with van der Waals surface area (Å²) in [7, 11) is 0. The first-order valence-electron chi connectivity index (χ1n) is 8.10. The van der Waals surface area contributed by atoms with Gasteiger partial charge in [0.2, 0.25) is 0 Å². The molecule has 2 N–H and O–H groups in total. The van der Waals surface area contributed by atoms with Gasteiger partial charge in [-0.15, -0.1) is 0 Å². The van der Waals surface area contributed by atoms with Crippen LogP contribution >= 0.6 is 0 Å². The van der Waals surface area contributed by atoms with Crippen LogP contribution in [0, 0.1) is 0 Å². The fourth-order valence-corrected chi connectivity index (χ4v) is 2.72. The van der Waals surface area contributed by atoms with Crippen LogP contribution in [0.2, 0.25) is 0 Å². The summed E-state index contributed by atoms with van der Waals surface area (Å²) < 4.78 is 0. The molecule has 0 radical (unpaired) electrons. The maximum atomic E-state index is 11.6. The largest absolute Gasteiger partial charge is 0.338 e. The predicted octanol–water partition coefficient (Wildman–Crippen LogP) is 2.88. The van der Waals surface area contributed by atoms with E-state index in [4.69, 9.17) is 0 Å². The summed E-state index contributed by atoms with van der Waals surface area (Å²) in [4.78, 5) is 14.2. The number of hydrogen-bond donors (Lipinski definition) is 2. The smallest absolute Gasteiger partial charge is 0.315 e. The molecule has 0 atom stereocenters. The van der Waals surface area contributed by atoms with Gasteiger partial charge in [-0.2, -0.15) is 0 Å². The molecule has 1 aromatic carbocycles. The summed E-state index contributed by atoms with van der Waals surface area (Å²) >= 11 is 0. The lowest BCUT2D eigenvalue weighted by molar-refractivity contribution is 0.220. The normalized spacial score (nSPS) is 15.7. The van der Waals surface area contributed by atoms with E-state index in [1.807, 2.05) is 13.0 Å². The first-order chi connectivity index (χ1) is 10.3. The predicted molar refractivity (Wildman–Crippen MR) is 86.1 cm³/mol. The van der Waals surface area contributed by atoms with Crippen LogP contribution < -0.4 is 10.6 Å². The Balaban J connectivity index is 1.88. The second kappa shape index (κ2) is 8.67. The van der Waals surface area contributed by atoms with Crippen LogP contribution in [0.4, 0.5) is 4.79 Å². The van der Waals surface area contributed by atoms with Crippen LogP contribution in [0.5, 0.6) is 0 Å². The number of nitrogens with one attached hydrogen (secondary N) is 2. The Morgan fingerprint density at radius 2 is 1.81 bits per heavy atom. The van der Waals surface area contributed by atoms with E-state index < -0.39 is 0 Å². The highest BCUT2D eigenvalue weighted by molar-refractivity contribution is 5.73. The van der Waals surface area contributed by atoms with E-state index in [1.165, 1.54) is 43.5 Å². The van der Waals surface area contributed by atoms with E-state index in [2.05, 4.69) is 33.7 Å². The van der Waals surface area contributed by atoms with Crippen molar-refractivity contribution in [3.63, 3.8) is 0 Å². The number of benzene rings is 1. The summed E-state index contributed by atoms with van der Waals surface area (Å²) in [6, 6.07) is 8.33. The minimum absolute atomic E-state index is 0.0791. The molecule has 2 amide bonds. The SMILES string of the molecule is CCCNC(=O)NCc1ccccc1CN1CCCCC1. The van der Waals surface area contributed by atoms with E-state index in [0.717, 1.165) is 19.5 Å². The zero-order valence-electron chi connectivity index (χ0n) is 13.0. The first-order valence-corrected chi connectivity index (χ1v) is 8.10. The molecule has 1 aliphatic rings. The highest BCUT2D eigenvalue weighted by Crippen LogP contribution is 2.16. The summed E-state index contributed by atoms with van der Waals surface area (Å²) in [6.45, 7) is 6.75. The van der Waals surface area contributed by atoms with Gasteiger partial charge in [0, 0.05) is 19.6 Å². The minimum Gasteiger partial charge on any atom is -0.338 e. The van der Waals surface area contributed by atoms with Crippen molar-refractivity contribution in [1.82, 2.24) is 15.5 Å². The molecule has 1 saturated heterocycles. The van der Waals surface area contributed by atoms with Crippen molar-refractivity contribution in [2.75, 3.05) is 19.6 Å². The zero-order chi connectivity index (χ0) is 14.9. The van der Waals surface area contributed by atoms with E-state index in [1.54, 1.807) is 0 Å². The number of carbonyl (C=O) groups excluding carboxylic acids is 1. The van der Waals surface area contributed by atoms with Crippen LogP contribution in [0.1, 0.15) is 43.7 Å². The van der Waals surface area contributed by atoms with Gasteiger partial charge in [0.1, 0.15) is 0 Å². The molecule has 1 aliphatic heterocycles. The molecule has 21 heavy (non-hydrogen) atoms. The maximum absolute atomic E-state index is 11.6. The van der Waals surface area contributed by atoms with E-state index in [9.17, 15) is 4.79 Å². The second-order valence-corrected chi connectivity index (χ2v) is 5.71. The van der Waals surface area contributed by atoms with Crippen molar-refractivity contribution in [3.05, 3.63) is 35.4 Å². The molecule has 1 heterocycles. The van der Waals surface area contributed by atoms with E-state index in [-0.39, 0.29) is 6.03 Å². The second-order valence-electron chi connectivity index (χ2n) is 5.71. The topological polar surface area (TPSA) is 44.4 Å². The third kappa shape index (κ3) is 5.38. The highest BCUT2D eigenvalue weighted by atomic mass is 16.2. The van der Waals surface area contributed by atoms with Gasteiger partial charge in [-0.3, -0.25) is 4.90 Å². The summed E-state index contributed by atoms with van der Waals surface area (Å²) in [6.07, 6.45) is 4.93. The molecule has 0 aliphatic carbocycles. The molecule has 0 saturated carbocycles. The van der Waals surface area contributed by atoms with Crippen molar-refractivity contribution in [3.8, 4) is 0 Å².